The quantitative estimate of drug-likeness (QED) is 0.0841. The Balaban J connectivity index is 0.000000132. The number of nitrogens with one attached hydrogen (secondary N) is 1. The van der Waals surface area contributed by atoms with E-state index in [2.05, 4.69) is 14.4 Å². The molecule has 3 saturated heterocycles. The Kier molecular flexibility index (Phi) is 14.6. The Hall–Kier alpha value is -6.73. The molecule has 410 valence electrons. The van der Waals surface area contributed by atoms with Gasteiger partial charge in [-0.05, 0) is 133 Å². The molecule has 2 N–H and O–H groups in total. The van der Waals surface area contributed by atoms with E-state index in [-0.39, 0.29) is 68.8 Å². The highest BCUT2D eigenvalue weighted by atomic mass is 32.2. The van der Waals surface area contributed by atoms with Gasteiger partial charge in [-0.3, -0.25) is 14.4 Å². The molecule has 22 heteroatoms. The van der Waals surface area contributed by atoms with Crippen molar-refractivity contribution < 1.29 is 44.0 Å². The summed E-state index contributed by atoms with van der Waals surface area (Å²) in [5.74, 6) is -2.28. The third-order valence-electron chi connectivity index (χ3n) is 15.6. The number of nitriles is 1. The maximum absolute atomic E-state index is 15.1. The number of hydrogen-bond acceptors (Lipinski definition) is 12. The molecule has 0 amide bonds. The van der Waals surface area contributed by atoms with Crippen LogP contribution in [0.3, 0.4) is 0 Å². The molecule has 6 heterocycles. The molecule has 0 bridgehead atoms. The van der Waals surface area contributed by atoms with Gasteiger partial charge in [0.25, 0.3) is 16.7 Å². The van der Waals surface area contributed by atoms with Crippen molar-refractivity contribution in [3.8, 4) is 17.6 Å². The second-order valence-electron chi connectivity index (χ2n) is 21.0. The number of aryl methyl sites for hydroxylation is 3. The Morgan fingerprint density at radius 1 is 0.571 bits per heavy atom. The van der Waals surface area contributed by atoms with Crippen LogP contribution in [0.2, 0.25) is 0 Å². The van der Waals surface area contributed by atoms with Gasteiger partial charge in [-0.2, -0.15) is 26.9 Å². The van der Waals surface area contributed by atoms with Crippen molar-refractivity contribution >= 4 is 59.9 Å². The summed E-state index contributed by atoms with van der Waals surface area (Å²) in [6, 6.07) is 9.25. The van der Waals surface area contributed by atoms with Gasteiger partial charge >= 0.3 is 15.6 Å². The van der Waals surface area contributed by atoms with Gasteiger partial charge in [-0.15, -0.1) is 0 Å². The van der Waals surface area contributed by atoms with Crippen molar-refractivity contribution in [3.05, 3.63) is 107 Å². The predicted octanol–water partition coefficient (Wildman–Crippen LogP) is 9.55. The van der Waals surface area contributed by atoms with Gasteiger partial charge < -0.3 is 43.0 Å². The number of piperazine rings is 1. The lowest BCUT2D eigenvalue weighted by molar-refractivity contribution is -0.0499. The van der Waals surface area contributed by atoms with E-state index in [4.69, 9.17) is 0 Å². The Bertz CT molecular complexity index is 3680. The molecule has 3 saturated carbocycles. The van der Waals surface area contributed by atoms with E-state index in [9.17, 15) is 55.1 Å². The number of piperidine rings is 2. The van der Waals surface area contributed by atoms with Crippen molar-refractivity contribution in [1.29, 1.82) is 5.26 Å². The lowest BCUT2D eigenvalue weighted by Crippen LogP contribution is -2.44. The van der Waals surface area contributed by atoms with Crippen molar-refractivity contribution in [2.24, 2.45) is 0 Å². The minimum absolute atomic E-state index is 0.130. The molecule has 77 heavy (non-hydrogen) atoms. The van der Waals surface area contributed by atoms with E-state index in [0.717, 1.165) is 120 Å². The van der Waals surface area contributed by atoms with Crippen molar-refractivity contribution in [3.63, 3.8) is 0 Å². The first-order valence-electron chi connectivity index (χ1n) is 26.4. The normalized spacial score (nSPS) is 18.2. The first kappa shape index (κ1) is 53.7. The summed E-state index contributed by atoms with van der Waals surface area (Å²) in [4.78, 5) is 43.5. The first-order chi connectivity index (χ1) is 36.7. The van der Waals surface area contributed by atoms with Crippen LogP contribution in [-0.4, -0.2) is 85.1 Å². The molecule has 0 unspecified atom stereocenters. The molecule has 3 aliphatic heterocycles. The summed E-state index contributed by atoms with van der Waals surface area (Å²) in [6.45, 7) is 11.3. The number of rotatable bonds is 8. The van der Waals surface area contributed by atoms with Crippen LogP contribution in [0.1, 0.15) is 117 Å². The molecule has 15 nitrogen and oxygen atoms in total. The van der Waals surface area contributed by atoms with Gasteiger partial charge in [-0.1, -0.05) is 0 Å². The van der Waals surface area contributed by atoms with Crippen LogP contribution in [0.15, 0.2) is 50.8 Å². The first-order valence-corrected chi connectivity index (χ1v) is 27.8. The number of benzene rings is 3. The van der Waals surface area contributed by atoms with Gasteiger partial charge in [0.2, 0.25) is 0 Å². The van der Waals surface area contributed by atoms with E-state index >= 15 is 4.39 Å². The number of pyridine rings is 3. The van der Waals surface area contributed by atoms with E-state index in [1.54, 1.807) is 16.1 Å². The molecule has 6 fully saturated rings. The van der Waals surface area contributed by atoms with Gasteiger partial charge in [-0.25, -0.2) is 13.2 Å². The van der Waals surface area contributed by atoms with Gasteiger partial charge in [0.15, 0.2) is 5.75 Å². The molecular formula is C55H60F6N8O7S. The SMILES string of the molecule is Cc1c(N2CCCCC2)c(F)cc2c(O)cc(=O)n(C3CC3)c12.Cc1c(N2CCCCC2)c(F)cc2c(OS(=O)(=O)C(F)(F)F)cc(=O)n(C3CC3)c12.Cc1c(N2CCNCC2)c(F)cc2c(C#N)cc(=O)n(C3CC3)c12. The molecule has 6 aliphatic rings. The van der Waals surface area contributed by atoms with Crippen molar-refractivity contribution in [2.75, 3.05) is 67.1 Å². The maximum Gasteiger partial charge on any atom is 0.534 e. The largest absolute Gasteiger partial charge is 0.534 e. The zero-order valence-electron chi connectivity index (χ0n) is 43.0. The molecule has 12 rings (SSSR count). The topological polar surface area (TPSA) is 175 Å². The second-order valence-corrected chi connectivity index (χ2v) is 22.6. The van der Waals surface area contributed by atoms with E-state index in [0.29, 0.717) is 65.2 Å². The molecular weight excluding hydrogens is 1030 g/mol. The lowest BCUT2D eigenvalue weighted by Gasteiger charge is -2.31. The van der Waals surface area contributed by atoms with Crippen molar-refractivity contribution in [1.82, 2.24) is 19.0 Å². The Labute approximate surface area is 440 Å². The zero-order valence-corrected chi connectivity index (χ0v) is 43.9. The summed E-state index contributed by atoms with van der Waals surface area (Å²) in [6.07, 6.45) is 11.3. The minimum atomic E-state index is -6.01. The monoisotopic (exact) mass is 1090 g/mol. The van der Waals surface area contributed by atoms with Gasteiger partial charge in [0, 0.05) is 105 Å². The van der Waals surface area contributed by atoms with Crippen LogP contribution in [-0.2, 0) is 10.1 Å². The summed E-state index contributed by atoms with van der Waals surface area (Å²) in [7, 11) is -6.01. The lowest BCUT2D eigenvalue weighted by atomic mass is 10.0. The van der Waals surface area contributed by atoms with Gasteiger partial charge in [0.1, 0.15) is 29.3 Å². The number of hydrogen-bond donors (Lipinski definition) is 2. The summed E-state index contributed by atoms with van der Waals surface area (Å²) in [5.41, 5.74) is -1.50. The standard InChI is InChI=1S/C19H20F4N2O4S.C18H19FN4O.C18H21FN2O2/c1-11-17-13(9-14(20)18(11)24-7-3-2-4-8-24)15(29-30(27,28)19(21,22)23)10-16(26)25(17)12-5-6-12;1-11-17-14(9-15(19)18(11)22-6-4-21-5-7-22)12(10-20)8-16(24)23(17)13-2-3-13;1-11-17-13(15(22)10-16(23)21(17)12-5-6-12)9-14(19)18(11)20-7-3-2-4-8-20/h9-10,12H,2-8H2,1H3;8-9,13,21H,2-7H2,1H3;9-10,12,22H,2-8H2,1H3. The number of nitrogens with zero attached hydrogens (tertiary/aromatic N) is 7. The van der Waals surface area contributed by atoms with Crippen molar-refractivity contribution in [2.45, 2.75) is 121 Å². The number of fused-ring (bicyclic) bond motifs is 3. The smallest absolute Gasteiger partial charge is 0.507 e. The molecule has 3 aromatic heterocycles. The molecule has 3 aromatic carbocycles. The number of aromatic hydroxyl groups is 1. The fraction of sp³-hybridized carbons (Fsp3) is 0.491. The minimum Gasteiger partial charge on any atom is -0.507 e. The fourth-order valence-electron chi connectivity index (χ4n) is 11.6. The third-order valence-corrected chi connectivity index (χ3v) is 16.5. The van der Waals surface area contributed by atoms with E-state index in [1.807, 2.05) is 29.7 Å². The van der Waals surface area contributed by atoms with E-state index in [1.165, 1.54) is 35.3 Å². The summed E-state index contributed by atoms with van der Waals surface area (Å²) >= 11 is 0. The van der Waals surface area contributed by atoms with Crippen LogP contribution in [0.5, 0.6) is 11.5 Å². The highest BCUT2D eigenvalue weighted by Crippen LogP contribution is 2.45. The molecule has 0 atom stereocenters. The number of halogens is 6. The van der Waals surface area contributed by atoms with Gasteiger partial charge in [0.05, 0.1) is 39.2 Å². The average molecular weight is 1090 g/mol. The number of alkyl halides is 3. The number of anilines is 3. The fourth-order valence-corrected chi connectivity index (χ4v) is 12.1. The Morgan fingerprint density at radius 3 is 1.38 bits per heavy atom. The molecule has 0 spiro atoms. The predicted molar refractivity (Wildman–Crippen MR) is 283 cm³/mol. The zero-order chi connectivity index (χ0) is 54.8. The molecule has 0 radical (unpaired) electrons. The highest BCUT2D eigenvalue weighted by molar-refractivity contribution is 7.88. The van der Waals surface area contributed by atoms with Crippen LogP contribution in [0.25, 0.3) is 32.7 Å². The third kappa shape index (κ3) is 10.3. The summed E-state index contributed by atoms with van der Waals surface area (Å²) < 4.78 is 115. The van der Waals surface area contributed by atoms with E-state index < -0.39 is 32.8 Å². The van der Waals surface area contributed by atoms with Crippen LogP contribution >= 0.6 is 0 Å². The second kappa shape index (κ2) is 20.9. The summed E-state index contributed by atoms with van der Waals surface area (Å²) in [5, 5.41) is 23.6. The average Bonchev–Trinajstić information content (AvgIpc) is 4.27. The number of aromatic nitrogens is 3. The maximum atomic E-state index is 15.1. The molecule has 3 aliphatic carbocycles. The van der Waals surface area contributed by atoms with Crippen LogP contribution in [0.4, 0.5) is 43.4 Å². The van der Waals surface area contributed by atoms with Crippen LogP contribution < -0.4 is 40.9 Å². The highest BCUT2D eigenvalue weighted by Gasteiger charge is 2.49. The Morgan fingerprint density at radius 2 is 0.948 bits per heavy atom. The van der Waals surface area contributed by atoms with Crippen LogP contribution in [0, 0.1) is 49.6 Å². The molecule has 6 aromatic rings.